The van der Waals surface area contributed by atoms with Gasteiger partial charge in [0.25, 0.3) is 5.82 Å². The van der Waals surface area contributed by atoms with E-state index in [0.717, 1.165) is 5.82 Å². The molecule has 0 bridgehead atoms. The van der Waals surface area contributed by atoms with E-state index in [2.05, 4.69) is 20.5 Å². The topological polar surface area (TPSA) is 87.7 Å². The largest absolute Gasteiger partial charge is 0.460 e. The lowest BCUT2D eigenvalue weighted by Gasteiger charge is -2.04. The summed E-state index contributed by atoms with van der Waals surface area (Å²) in [6.45, 7) is 2.51. The molecule has 0 radical (unpaired) electrons. The van der Waals surface area contributed by atoms with E-state index in [1.165, 1.54) is 4.68 Å². The minimum absolute atomic E-state index is 0.117. The highest BCUT2D eigenvalue weighted by Gasteiger charge is 2.16. The zero-order valence-corrected chi connectivity index (χ0v) is 10.3. The molecule has 0 aliphatic rings. The van der Waals surface area contributed by atoms with Gasteiger partial charge in [0.05, 0.1) is 13.2 Å². The Balaban J connectivity index is 2.04. The fourth-order valence-electron chi connectivity index (χ4n) is 1.54. The molecule has 0 saturated carbocycles. The summed E-state index contributed by atoms with van der Waals surface area (Å²) in [5.74, 6) is 0.508. The first-order chi connectivity index (χ1) is 8.72. The van der Waals surface area contributed by atoms with Crippen LogP contribution in [0, 0.1) is 0 Å². The molecule has 0 aliphatic heterocycles. The number of imidazole rings is 1. The Bertz CT molecular complexity index is 532. The Labute approximate surface area is 104 Å². The molecule has 0 atom stereocenters. The lowest BCUT2D eigenvalue weighted by atomic mass is 10.4. The molecule has 0 aliphatic carbocycles. The van der Waals surface area contributed by atoms with Crippen LogP contribution < -0.4 is 0 Å². The number of carbonyl (C=O) groups is 1. The van der Waals surface area contributed by atoms with Gasteiger partial charge in [-0.05, 0) is 17.4 Å². The van der Waals surface area contributed by atoms with Gasteiger partial charge in [0.1, 0.15) is 5.82 Å². The maximum Gasteiger partial charge on any atom is 0.378 e. The van der Waals surface area contributed by atoms with Gasteiger partial charge in [-0.1, -0.05) is 0 Å². The molecule has 0 N–H and O–H groups in total. The van der Waals surface area contributed by atoms with Crippen molar-refractivity contribution in [2.75, 3.05) is 6.61 Å². The number of hydrogen-bond acceptors (Lipinski definition) is 6. The maximum absolute atomic E-state index is 11.5. The molecule has 0 aromatic carbocycles. The van der Waals surface area contributed by atoms with Gasteiger partial charge in [0, 0.05) is 25.9 Å². The molecule has 18 heavy (non-hydrogen) atoms. The molecule has 2 aromatic heterocycles. The van der Waals surface area contributed by atoms with E-state index in [-0.39, 0.29) is 5.82 Å². The van der Waals surface area contributed by atoms with Crippen LogP contribution in [0.3, 0.4) is 0 Å². The van der Waals surface area contributed by atoms with Gasteiger partial charge in [-0.25, -0.2) is 14.5 Å². The van der Waals surface area contributed by atoms with Crippen LogP contribution in [0.5, 0.6) is 0 Å². The fraction of sp³-hybridized carbons (Fsp3) is 0.500. The Morgan fingerprint density at radius 3 is 3.00 bits per heavy atom. The number of aryl methyl sites for hydroxylation is 3. The van der Waals surface area contributed by atoms with Crippen molar-refractivity contribution in [3.8, 4) is 0 Å². The summed E-state index contributed by atoms with van der Waals surface area (Å²) in [6, 6.07) is 0. The third-order valence-corrected chi connectivity index (χ3v) is 2.46. The van der Waals surface area contributed by atoms with Crippen LogP contribution in [-0.2, 0) is 24.8 Å². The Morgan fingerprint density at radius 1 is 1.50 bits per heavy atom. The van der Waals surface area contributed by atoms with Gasteiger partial charge in [-0.2, -0.15) is 0 Å². The molecular formula is C10H14N6O2. The van der Waals surface area contributed by atoms with Crippen molar-refractivity contribution < 1.29 is 9.53 Å². The monoisotopic (exact) mass is 250 g/mol. The molecule has 96 valence electrons. The summed E-state index contributed by atoms with van der Waals surface area (Å²) in [6.07, 6.45) is 4.23. The summed E-state index contributed by atoms with van der Waals surface area (Å²) < 4.78 is 8.20. The van der Waals surface area contributed by atoms with Crippen molar-refractivity contribution in [1.82, 2.24) is 29.8 Å². The smallest absolute Gasteiger partial charge is 0.378 e. The van der Waals surface area contributed by atoms with Crippen LogP contribution >= 0.6 is 0 Å². The Hall–Kier alpha value is -2.25. The number of carbonyl (C=O) groups excluding carboxylic acids is 1. The third kappa shape index (κ3) is 2.53. The van der Waals surface area contributed by atoms with Crippen LogP contribution in [0.4, 0.5) is 0 Å². The summed E-state index contributed by atoms with van der Waals surface area (Å²) >= 11 is 0. The summed E-state index contributed by atoms with van der Waals surface area (Å²) in [5.41, 5.74) is 0. The predicted molar refractivity (Wildman–Crippen MR) is 60.7 cm³/mol. The van der Waals surface area contributed by atoms with E-state index in [0.29, 0.717) is 19.6 Å². The number of esters is 1. The molecule has 0 amide bonds. The quantitative estimate of drug-likeness (QED) is 0.684. The molecule has 0 spiro atoms. The van der Waals surface area contributed by atoms with E-state index < -0.39 is 5.97 Å². The van der Waals surface area contributed by atoms with Crippen LogP contribution in [0.15, 0.2) is 12.4 Å². The number of tetrazole rings is 1. The van der Waals surface area contributed by atoms with Gasteiger partial charge in [0.2, 0.25) is 0 Å². The number of aromatic nitrogens is 6. The first-order valence-corrected chi connectivity index (χ1v) is 5.62. The molecule has 2 aromatic rings. The molecule has 0 fully saturated rings. The lowest BCUT2D eigenvalue weighted by Crippen LogP contribution is -2.16. The standard InChI is InChI=1S/C10H14N6O2/c1-3-18-10(17)9-12-13-14-16(9)6-4-8-11-5-7-15(8)2/h5,7H,3-4,6H2,1-2H3. The number of hydrogen-bond donors (Lipinski definition) is 0. The van der Waals surface area contributed by atoms with Gasteiger partial charge >= 0.3 is 5.97 Å². The summed E-state index contributed by atoms with van der Waals surface area (Å²) in [5, 5.41) is 10.9. The molecule has 2 heterocycles. The van der Waals surface area contributed by atoms with Crippen molar-refractivity contribution in [3.63, 3.8) is 0 Å². The third-order valence-electron chi connectivity index (χ3n) is 2.46. The van der Waals surface area contributed by atoms with Gasteiger partial charge in [0.15, 0.2) is 0 Å². The zero-order valence-electron chi connectivity index (χ0n) is 10.3. The minimum Gasteiger partial charge on any atom is -0.460 e. The van der Waals surface area contributed by atoms with E-state index in [1.807, 2.05) is 17.8 Å². The maximum atomic E-state index is 11.5. The first-order valence-electron chi connectivity index (χ1n) is 5.62. The average Bonchev–Trinajstić information content (AvgIpc) is 2.95. The molecular weight excluding hydrogens is 236 g/mol. The number of rotatable bonds is 5. The predicted octanol–water partition coefficient (Wildman–Crippen LogP) is -0.174. The van der Waals surface area contributed by atoms with Crippen LogP contribution in [0.2, 0.25) is 0 Å². The second-order valence-electron chi connectivity index (χ2n) is 3.65. The highest BCUT2D eigenvalue weighted by atomic mass is 16.5. The van der Waals surface area contributed by atoms with Crippen molar-refractivity contribution >= 4 is 5.97 Å². The molecule has 0 unspecified atom stereocenters. The lowest BCUT2D eigenvalue weighted by molar-refractivity contribution is 0.0504. The highest BCUT2D eigenvalue weighted by molar-refractivity contribution is 5.85. The van der Waals surface area contributed by atoms with Crippen molar-refractivity contribution in [3.05, 3.63) is 24.0 Å². The van der Waals surface area contributed by atoms with Gasteiger partial charge in [-0.15, -0.1) is 5.10 Å². The highest BCUT2D eigenvalue weighted by Crippen LogP contribution is 2.01. The van der Waals surface area contributed by atoms with Gasteiger partial charge < -0.3 is 9.30 Å². The normalized spacial score (nSPS) is 10.6. The Kier molecular flexibility index (Phi) is 3.66. The Morgan fingerprint density at radius 2 is 2.33 bits per heavy atom. The molecule has 8 nitrogen and oxygen atoms in total. The molecule has 8 heteroatoms. The van der Waals surface area contributed by atoms with E-state index in [9.17, 15) is 4.79 Å². The van der Waals surface area contributed by atoms with Gasteiger partial charge in [-0.3, -0.25) is 0 Å². The van der Waals surface area contributed by atoms with Crippen LogP contribution in [0.1, 0.15) is 23.4 Å². The van der Waals surface area contributed by atoms with E-state index in [4.69, 9.17) is 4.74 Å². The van der Waals surface area contributed by atoms with E-state index in [1.54, 1.807) is 13.1 Å². The van der Waals surface area contributed by atoms with Crippen LogP contribution in [0.25, 0.3) is 0 Å². The SMILES string of the molecule is CCOC(=O)c1nnnn1CCc1nccn1C. The second kappa shape index (κ2) is 5.39. The van der Waals surface area contributed by atoms with Crippen molar-refractivity contribution in [2.24, 2.45) is 7.05 Å². The van der Waals surface area contributed by atoms with Crippen LogP contribution in [-0.4, -0.2) is 42.3 Å². The average molecular weight is 250 g/mol. The summed E-state index contributed by atoms with van der Waals surface area (Å²) in [4.78, 5) is 15.7. The first kappa shape index (κ1) is 12.2. The number of nitrogens with zero attached hydrogens (tertiary/aromatic N) is 6. The fourth-order valence-corrected chi connectivity index (χ4v) is 1.54. The second-order valence-corrected chi connectivity index (χ2v) is 3.65. The molecule has 2 rings (SSSR count). The zero-order chi connectivity index (χ0) is 13.0. The van der Waals surface area contributed by atoms with Crippen molar-refractivity contribution in [2.45, 2.75) is 19.9 Å². The van der Waals surface area contributed by atoms with E-state index >= 15 is 0 Å². The van der Waals surface area contributed by atoms with Crippen molar-refractivity contribution in [1.29, 1.82) is 0 Å². The number of ether oxygens (including phenoxy) is 1. The minimum atomic E-state index is -0.512. The molecule has 0 saturated heterocycles. The summed E-state index contributed by atoms with van der Waals surface area (Å²) in [7, 11) is 1.91.